The van der Waals surface area contributed by atoms with Crippen LogP contribution in [-0.4, -0.2) is 0 Å². The predicted molar refractivity (Wildman–Crippen MR) is 49.1 cm³/mol. The highest BCUT2D eigenvalue weighted by Crippen LogP contribution is 2.21. The zero-order valence-corrected chi connectivity index (χ0v) is 7.25. The Morgan fingerprint density at radius 1 is 1.33 bits per heavy atom. The smallest absolute Gasteiger partial charge is 0.0953 e. The molecule has 0 aliphatic carbocycles. The third-order valence-electron chi connectivity index (χ3n) is 1.80. The van der Waals surface area contributed by atoms with E-state index < -0.39 is 0 Å². The molecule has 2 rings (SSSR count). The van der Waals surface area contributed by atoms with Crippen molar-refractivity contribution in [3.8, 4) is 0 Å². The van der Waals surface area contributed by atoms with Gasteiger partial charge in [0.2, 0.25) is 0 Å². The first-order chi connectivity index (χ1) is 5.88. The van der Waals surface area contributed by atoms with Crippen LogP contribution in [0.15, 0.2) is 39.8 Å². The first-order valence-electron chi connectivity index (χ1n) is 3.67. The highest BCUT2D eigenvalue weighted by molar-refractivity contribution is 7.07. The number of rotatable bonds is 2. The molecule has 0 radical (unpaired) electrons. The summed E-state index contributed by atoms with van der Waals surface area (Å²) in [6.45, 7) is 0. The molecule has 2 N–H and O–H groups in total. The topological polar surface area (TPSA) is 39.2 Å². The van der Waals surface area contributed by atoms with E-state index in [-0.39, 0.29) is 6.04 Å². The second-order valence-corrected chi connectivity index (χ2v) is 3.37. The molecule has 0 saturated carbocycles. The van der Waals surface area contributed by atoms with Gasteiger partial charge in [-0.15, -0.1) is 0 Å². The Bertz CT molecular complexity index is 291. The van der Waals surface area contributed by atoms with Crippen LogP contribution in [0, 0.1) is 0 Å². The molecular weight excluding hydrogens is 170 g/mol. The van der Waals surface area contributed by atoms with Crippen molar-refractivity contribution in [1.29, 1.82) is 0 Å². The molecule has 2 aromatic rings. The summed E-state index contributed by atoms with van der Waals surface area (Å²) in [6, 6.07) is 3.87. The second-order valence-electron chi connectivity index (χ2n) is 2.59. The summed E-state index contributed by atoms with van der Waals surface area (Å²) in [5.74, 6) is 0. The van der Waals surface area contributed by atoms with Crippen molar-refractivity contribution in [2.75, 3.05) is 0 Å². The molecule has 0 amide bonds. The highest BCUT2D eigenvalue weighted by Gasteiger charge is 2.09. The fraction of sp³-hybridized carbons (Fsp3) is 0.111. The Labute approximate surface area is 74.6 Å². The number of furan rings is 1. The highest BCUT2D eigenvalue weighted by atomic mass is 32.1. The van der Waals surface area contributed by atoms with Gasteiger partial charge in [0.05, 0.1) is 18.6 Å². The van der Waals surface area contributed by atoms with E-state index in [2.05, 4.69) is 5.38 Å². The zero-order valence-electron chi connectivity index (χ0n) is 6.44. The average Bonchev–Trinajstić information content (AvgIpc) is 2.77. The first-order valence-corrected chi connectivity index (χ1v) is 4.62. The maximum Gasteiger partial charge on any atom is 0.0953 e. The van der Waals surface area contributed by atoms with Gasteiger partial charge in [-0.25, -0.2) is 0 Å². The Morgan fingerprint density at radius 3 is 2.83 bits per heavy atom. The van der Waals surface area contributed by atoms with Crippen LogP contribution in [0.5, 0.6) is 0 Å². The maximum atomic E-state index is 5.95. The molecule has 0 unspecified atom stereocenters. The fourth-order valence-corrected chi connectivity index (χ4v) is 1.79. The van der Waals surface area contributed by atoms with Crippen LogP contribution in [0.4, 0.5) is 0 Å². The number of thiophene rings is 1. The van der Waals surface area contributed by atoms with Crippen molar-refractivity contribution >= 4 is 11.3 Å². The molecule has 62 valence electrons. The van der Waals surface area contributed by atoms with Crippen molar-refractivity contribution in [3.63, 3.8) is 0 Å². The normalized spacial score (nSPS) is 13.1. The zero-order chi connectivity index (χ0) is 8.39. The van der Waals surface area contributed by atoms with Crippen LogP contribution in [-0.2, 0) is 0 Å². The summed E-state index contributed by atoms with van der Waals surface area (Å²) in [7, 11) is 0. The Kier molecular flexibility index (Phi) is 1.98. The van der Waals surface area contributed by atoms with Crippen molar-refractivity contribution in [2.24, 2.45) is 5.73 Å². The van der Waals surface area contributed by atoms with Gasteiger partial charge in [-0.3, -0.25) is 0 Å². The van der Waals surface area contributed by atoms with Gasteiger partial charge in [0.25, 0.3) is 0 Å². The van der Waals surface area contributed by atoms with Crippen molar-refractivity contribution in [1.82, 2.24) is 0 Å². The lowest BCUT2D eigenvalue weighted by molar-refractivity contribution is 0.562. The van der Waals surface area contributed by atoms with Gasteiger partial charge in [0, 0.05) is 5.56 Å². The van der Waals surface area contributed by atoms with Crippen LogP contribution in [0.25, 0.3) is 0 Å². The largest absolute Gasteiger partial charge is 0.472 e. The van der Waals surface area contributed by atoms with Gasteiger partial charge in [-0.1, -0.05) is 0 Å². The van der Waals surface area contributed by atoms with Gasteiger partial charge in [0.15, 0.2) is 0 Å². The minimum atomic E-state index is -0.0463. The summed E-state index contributed by atoms with van der Waals surface area (Å²) >= 11 is 1.65. The van der Waals surface area contributed by atoms with E-state index in [4.69, 9.17) is 10.2 Å². The van der Waals surface area contributed by atoms with Crippen molar-refractivity contribution < 1.29 is 4.42 Å². The third-order valence-corrected chi connectivity index (χ3v) is 2.51. The van der Waals surface area contributed by atoms with E-state index in [1.165, 1.54) is 0 Å². The molecule has 2 aromatic heterocycles. The Balaban J connectivity index is 2.27. The van der Waals surface area contributed by atoms with Gasteiger partial charge in [-0.2, -0.15) is 11.3 Å². The Hall–Kier alpha value is -1.06. The molecule has 0 spiro atoms. The Morgan fingerprint density at radius 2 is 2.25 bits per heavy atom. The quantitative estimate of drug-likeness (QED) is 0.768. The minimum absolute atomic E-state index is 0.0463. The van der Waals surface area contributed by atoms with Crippen LogP contribution >= 0.6 is 11.3 Å². The molecule has 12 heavy (non-hydrogen) atoms. The van der Waals surface area contributed by atoms with Crippen molar-refractivity contribution in [3.05, 3.63) is 46.5 Å². The van der Waals surface area contributed by atoms with Crippen LogP contribution in [0.2, 0.25) is 0 Å². The van der Waals surface area contributed by atoms with Gasteiger partial charge in [-0.05, 0) is 28.5 Å². The number of nitrogens with two attached hydrogens (primary N) is 1. The van der Waals surface area contributed by atoms with E-state index in [9.17, 15) is 0 Å². The molecule has 0 bridgehead atoms. The van der Waals surface area contributed by atoms with Gasteiger partial charge < -0.3 is 10.2 Å². The van der Waals surface area contributed by atoms with Gasteiger partial charge in [0.1, 0.15) is 0 Å². The molecule has 0 aliphatic rings. The third kappa shape index (κ3) is 1.29. The molecule has 3 heteroatoms. The summed E-state index contributed by atoms with van der Waals surface area (Å²) in [4.78, 5) is 0. The second kappa shape index (κ2) is 3.13. The molecule has 0 aromatic carbocycles. The van der Waals surface area contributed by atoms with Crippen LogP contribution in [0.3, 0.4) is 0 Å². The monoisotopic (exact) mass is 179 g/mol. The first kappa shape index (κ1) is 7.58. The van der Waals surface area contributed by atoms with E-state index >= 15 is 0 Å². The molecule has 0 saturated heterocycles. The lowest BCUT2D eigenvalue weighted by Gasteiger charge is -2.05. The standard InChI is InChI=1S/C9H9NOS/c10-9(7-1-3-11-5-7)8-2-4-12-6-8/h1-6,9H,10H2/t9-/m1/s1. The molecule has 2 nitrogen and oxygen atoms in total. The van der Waals surface area contributed by atoms with E-state index in [0.29, 0.717) is 0 Å². The van der Waals surface area contributed by atoms with Gasteiger partial charge >= 0.3 is 0 Å². The fourth-order valence-electron chi connectivity index (χ4n) is 1.10. The molecule has 2 heterocycles. The molecule has 0 aliphatic heterocycles. The molecule has 0 fully saturated rings. The summed E-state index contributed by atoms with van der Waals surface area (Å²) < 4.78 is 4.96. The summed E-state index contributed by atoms with van der Waals surface area (Å²) in [5.41, 5.74) is 8.11. The molecule has 1 atom stereocenters. The predicted octanol–water partition coefficient (Wildman–Crippen LogP) is 2.39. The van der Waals surface area contributed by atoms with Crippen molar-refractivity contribution in [2.45, 2.75) is 6.04 Å². The molecular formula is C9H9NOS. The lowest BCUT2D eigenvalue weighted by atomic mass is 10.1. The number of hydrogen-bond donors (Lipinski definition) is 1. The maximum absolute atomic E-state index is 5.95. The summed E-state index contributed by atoms with van der Waals surface area (Å²) in [6.07, 6.45) is 3.32. The number of hydrogen-bond acceptors (Lipinski definition) is 3. The lowest BCUT2D eigenvalue weighted by Crippen LogP contribution is -2.09. The minimum Gasteiger partial charge on any atom is -0.472 e. The SMILES string of the molecule is N[C@H](c1ccoc1)c1ccsc1. The average molecular weight is 179 g/mol. The van der Waals surface area contributed by atoms with Crippen LogP contribution in [0.1, 0.15) is 17.2 Å². The van der Waals surface area contributed by atoms with E-state index in [1.54, 1.807) is 23.9 Å². The van der Waals surface area contributed by atoms with E-state index in [0.717, 1.165) is 11.1 Å². The van der Waals surface area contributed by atoms with Crippen LogP contribution < -0.4 is 5.73 Å². The van der Waals surface area contributed by atoms with E-state index in [1.807, 2.05) is 17.5 Å². The summed E-state index contributed by atoms with van der Waals surface area (Å²) in [5, 5.41) is 4.08.